The molecule has 0 aliphatic carbocycles. The zero-order valence-electron chi connectivity index (χ0n) is 11.5. The number of ether oxygens (including phenoxy) is 1. The maximum atomic E-state index is 9.84. The number of halogens is 2. The number of rotatable bonds is 5. The summed E-state index contributed by atoms with van der Waals surface area (Å²) in [5, 5.41) is 10.5. The zero-order valence-corrected chi connectivity index (χ0v) is 13.0. The molecule has 0 unspecified atom stereocenters. The van der Waals surface area contributed by atoms with Gasteiger partial charge in [-0.2, -0.15) is 0 Å². The van der Waals surface area contributed by atoms with Crippen LogP contribution in [-0.4, -0.2) is 17.9 Å². The lowest BCUT2D eigenvalue weighted by molar-refractivity contribution is 0.317. The second-order valence-corrected chi connectivity index (χ2v) is 5.27. The Morgan fingerprint density at radius 3 is 2.57 bits per heavy atom. The minimum absolute atomic E-state index is 0.0345. The van der Waals surface area contributed by atoms with Crippen LogP contribution in [0.3, 0.4) is 0 Å². The molecule has 1 N–H and O–H groups in total. The summed E-state index contributed by atoms with van der Waals surface area (Å²) >= 11 is 11.8. The molecule has 0 aliphatic rings. The number of hydrogen-bond acceptors (Lipinski definition) is 3. The first kappa shape index (κ1) is 15.7. The first-order valence-electron chi connectivity index (χ1n) is 6.55. The number of aliphatic imine (C=N–C) groups is 1. The molecular formula is C16H15Cl2NO2. The minimum atomic E-state index is -0.0345. The van der Waals surface area contributed by atoms with Crippen LogP contribution in [-0.2, 0) is 0 Å². The van der Waals surface area contributed by atoms with E-state index in [0.717, 1.165) is 17.9 Å². The molecule has 0 saturated carbocycles. The van der Waals surface area contributed by atoms with Gasteiger partial charge in [0.25, 0.3) is 0 Å². The smallest absolute Gasteiger partial charge is 0.143 e. The average Bonchev–Trinajstić information content (AvgIpc) is 2.48. The molecule has 0 fully saturated rings. The van der Waals surface area contributed by atoms with Crippen LogP contribution in [0.5, 0.6) is 11.5 Å². The summed E-state index contributed by atoms with van der Waals surface area (Å²) in [6.07, 6.45) is 2.49. The molecule has 2 rings (SSSR count). The molecule has 0 aliphatic heterocycles. The van der Waals surface area contributed by atoms with E-state index in [2.05, 4.69) is 11.9 Å². The van der Waals surface area contributed by atoms with Crippen LogP contribution in [0.2, 0.25) is 10.0 Å². The first-order chi connectivity index (χ1) is 10.1. The molecule has 0 spiro atoms. The molecular weight excluding hydrogens is 309 g/mol. The van der Waals surface area contributed by atoms with Gasteiger partial charge in [-0.05, 0) is 42.8 Å². The summed E-state index contributed by atoms with van der Waals surface area (Å²) in [7, 11) is 0. The van der Waals surface area contributed by atoms with Crippen molar-refractivity contribution in [2.75, 3.05) is 6.61 Å². The van der Waals surface area contributed by atoms with E-state index in [-0.39, 0.29) is 10.8 Å². The van der Waals surface area contributed by atoms with Gasteiger partial charge in [-0.3, -0.25) is 4.99 Å². The summed E-state index contributed by atoms with van der Waals surface area (Å²) in [6, 6.07) is 10.5. The van der Waals surface area contributed by atoms with Gasteiger partial charge >= 0.3 is 0 Å². The third-order valence-corrected chi connectivity index (χ3v) is 3.23. The molecule has 0 bridgehead atoms. The normalized spacial score (nSPS) is 11.0. The fraction of sp³-hybridized carbons (Fsp3) is 0.188. The minimum Gasteiger partial charge on any atom is -0.506 e. The molecule has 21 heavy (non-hydrogen) atoms. The maximum Gasteiger partial charge on any atom is 0.143 e. The number of nitrogens with zero attached hydrogens (tertiary/aromatic N) is 1. The first-order valence-corrected chi connectivity index (χ1v) is 7.30. The van der Waals surface area contributed by atoms with Crippen molar-refractivity contribution in [3.63, 3.8) is 0 Å². The third kappa shape index (κ3) is 4.38. The van der Waals surface area contributed by atoms with Crippen molar-refractivity contribution < 1.29 is 9.84 Å². The summed E-state index contributed by atoms with van der Waals surface area (Å²) in [5.74, 6) is 0.775. The summed E-state index contributed by atoms with van der Waals surface area (Å²) in [4.78, 5) is 4.28. The highest BCUT2D eigenvalue weighted by Gasteiger charge is 2.05. The fourth-order valence-corrected chi connectivity index (χ4v) is 2.19. The van der Waals surface area contributed by atoms with E-state index in [9.17, 15) is 5.11 Å². The van der Waals surface area contributed by atoms with Crippen molar-refractivity contribution in [1.82, 2.24) is 0 Å². The van der Waals surface area contributed by atoms with E-state index in [1.165, 1.54) is 12.3 Å². The molecule has 2 aromatic rings. The van der Waals surface area contributed by atoms with Crippen LogP contribution in [0.1, 0.15) is 18.9 Å². The zero-order chi connectivity index (χ0) is 15.2. The van der Waals surface area contributed by atoms with Gasteiger partial charge < -0.3 is 9.84 Å². The number of aromatic hydroxyl groups is 1. The highest BCUT2D eigenvalue weighted by atomic mass is 35.5. The van der Waals surface area contributed by atoms with Gasteiger partial charge in [0, 0.05) is 16.8 Å². The summed E-state index contributed by atoms with van der Waals surface area (Å²) < 4.78 is 5.50. The Kier molecular flexibility index (Phi) is 5.48. The SMILES string of the molecule is CCCOc1ccc(N=Cc2cc(Cl)cc(Cl)c2O)cc1. The number of phenols is 1. The van der Waals surface area contributed by atoms with Crippen molar-refractivity contribution >= 4 is 35.1 Å². The number of benzene rings is 2. The van der Waals surface area contributed by atoms with E-state index in [1.807, 2.05) is 24.3 Å². The van der Waals surface area contributed by atoms with E-state index >= 15 is 0 Å². The Bertz CT molecular complexity index is 639. The van der Waals surface area contributed by atoms with E-state index < -0.39 is 0 Å². The van der Waals surface area contributed by atoms with Crippen LogP contribution in [0.4, 0.5) is 5.69 Å². The van der Waals surface area contributed by atoms with Crippen molar-refractivity contribution in [2.45, 2.75) is 13.3 Å². The Morgan fingerprint density at radius 1 is 1.19 bits per heavy atom. The Labute approximate surface area is 133 Å². The number of hydrogen-bond donors (Lipinski definition) is 1. The quantitative estimate of drug-likeness (QED) is 0.764. The fourth-order valence-electron chi connectivity index (χ4n) is 1.68. The predicted octanol–water partition coefficient (Wildman–Crippen LogP) is 5.24. The number of phenolic OH excluding ortho intramolecular Hbond substituents is 1. The Balaban J connectivity index is 2.14. The van der Waals surface area contributed by atoms with Crippen molar-refractivity contribution in [3.8, 4) is 11.5 Å². The molecule has 5 heteroatoms. The standard InChI is InChI=1S/C16H15Cl2NO2/c1-2-7-21-14-5-3-13(4-6-14)19-10-11-8-12(17)9-15(18)16(11)20/h3-6,8-10,20H,2,7H2,1H3. The van der Waals surface area contributed by atoms with Crippen molar-refractivity contribution in [1.29, 1.82) is 0 Å². The van der Waals surface area contributed by atoms with Crippen LogP contribution < -0.4 is 4.74 Å². The predicted molar refractivity (Wildman–Crippen MR) is 87.6 cm³/mol. The van der Waals surface area contributed by atoms with Gasteiger partial charge in [0.15, 0.2) is 0 Å². The largest absolute Gasteiger partial charge is 0.506 e. The molecule has 0 aromatic heterocycles. The Morgan fingerprint density at radius 2 is 1.90 bits per heavy atom. The monoisotopic (exact) mass is 323 g/mol. The van der Waals surface area contributed by atoms with Crippen LogP contribution in [0, 0.1) is 0 Å². The maximum absolute atomic E-state index is 9.84. The van der Waals surface area contributed by atoms with Crippen molar-refractivity contribution in [3.05, 3.63) is 52.0 Å². The van der Waals surface area contributed by atoms with Gasteiger partial charge in [0.1, 0.15) is 11.5 Å². The van der Waals surface area contributed by atoms with Gasteiger partial charge in [-0.1, -0.05) is 30.1 Å². The molecule has 0 radical (unpaired) electrons. The summed E-state index contributed by atoms with van der Waals surface area (Å²) in [5.41, 5.74) is 1.22. The molecule has 0 atom stereocenters. The molecule has 110 valence electrons. The summed E-state index contributed by atoms with van der Waals surface area (Å²) in [6.45, 7) is 2.75. The van der Waals surface area contributed by atoms with E-state index in [1.54, 1.807) is 6.07 Å². The molecule has 3 nitrogen and oxygen atoms in total. The van der Waals surface area contributed by atoms with Crippen LogP contribution in [0.25, 0.3) is 0 Å². The van der Waals surface area contributed by atoms with Crippen LogP contribution in [0.15, 0.2) is 41.4 Å². The van der Waals surface area contributed by atoms with Gasteiger partial charge in [0.2, 0.25) is 0 Å². The lowest BCUT2D eigenvalue weighted by atomic mass is 10.2. The lowest BCUT2D eigenvalue weighted by Gasteiger charge is -2.04. The van der Waals surface area contributed by atoms with Crippen molar-refractivity contribution in [2.24, 2.45) is 4.99 Å². The van der Waals surface area contributed by atoms with E-state index in [4.69, 9.17) is 27.9 Å². The molecule has 0 amide bonds. The van der Waals surface area contributed by atoms with Gasteiger partial charge in [-0.25, -0.2) is 0 Å². The third-order valence-electron chi connectivity index (χ3n) is 2.72. The molecule has 0 heterocycles. The highest BCUT2D eigenvalue weighted by Crippen LogP contribution is 2.30. The van der Waals surface area contributed by atoms with Crippen LogP contribution >= 0.6 is 23.2 Å². The lowest BCUT2D eigenvalue weighted by Crippen LogP contribution is -1.93. The van der Waals surface area contributed by atoms with Gasteiger partial charge in [0.05, 0.1) is 17.3 Å². The average molecular weight is 324 g/mol. The van der Waals surface area contributed by atoms with Gasteiger partial charge in [-0.15, -0.1) is 0 Å². The second kappa shape index (κ2) is 7.34. The molecule has 0 saturated heterocycles. The topological polar surface area (TPSA) is 41.8 Å². The highest BCUT2D eigenvalue weighted by molar-refractivity contribution is 6.36. The Hall–Kier alpha value is -1.71. The second-order valence-electron chi connectivity index (χ2n) is 4.43. The molecule has 2 aromatic carbocycles. The van der Waals surface area contributed by atoms with E-state index in [0.29, 0.717) is 17.2 Å².